The van der Waals surface area contributed by atoms with Crippen LogP contribution in [-0.4, -0.2) is 16.9 Å². The maximum atomic E-state index is 12.7. The SMILES string of the molecule is Cc1cc(NC(=O)c2ccccc2)c2cc(NC(=O)Nc3ccc(C)c(Cl)c3)ccc2n1. The molecule has 3 aromatic carbocycles. The molecular formula is C25H21ClN4O2. The van der Waals surface area contributed by atoms with Gasteiger partial charge in [-0.15, -0.1) is 0 Å². The molecule has 7 heteroatoms. The molecule has 3 amide bonds. The van der Waals surface area contributed by atoms with Crippen molar-refractivity contribution in [3.05, 3.63) is 94.6 Å². The summed E-state index contributed by atoms with van der Waals surface area (Å²) in [4.78, 5) is 29.7. The molecule has 0 aliphatic rings. The van der Waals surface area contributed by atoms with Gasteiger partial charge in [0, 0.05) is 33.0 Å². The molecule has 4 aromatic rings. The summed E-state index contributed by atoms with van der Waals surface area (Å²) in [5.74, 6) is -0.218. The molecule has 160 valence electrons. The van der Waals surface area contributed by atoms with Gasteiger partial charge < -0.3 is 16.0 Å². The normalized spacial score (nSPS) is 10.6. The van der Waals surface area contributed by atoms with E-state index in [1.807, 2.05) is 38.1 Å². The van der Waals surface area contributed by atoms with E-state index in [1.54, 1.807) is 48.5 Å². The molecule has 0 bridgehead atoms. The second-order valence-electron chi connectivity index (χ2n) is 7.41. The summed E-state index contributed by atoms with van der Waals surface area (Å²) in [7, 11) is 0. The van der Waals surface area contributed by atoms with Crippen LogP contribution in [0.4, 0.5) is 21.9 Å². The standard InChI is InChI=1S/C25H21ClN4O2/c1-15-8-9-19(14-21(15)26)29-25(32)28-18-10-11-22-20(13-18)23(12-16(2)27-22)30-24(31)17-6-4-3-5-7-17/h3-14H,1-2H3,(H,27,30,31)(H2,28,29,32). The quantitative estimate of drug-likeness (QED) is 0.340. The minimum absolute atomic E-state index is 0.218. The number of rotatable bonds is 4. The highest BCUT2D eigenvalue weighted by atomic mass is 35.5. The highest BCUT2D eigenvalue weighted by Crippen LogP contribution is 2.27. The van der Waals surface area contributed by atoms with Crippen LogP contribution < -0.4 is 16.0 Å². The van der Waals surface area contributed by atoms with Gasteiger partial charge in [-0.2, -0.15) is 0 Å². The predicted molar refractivity (Wildman–Crippen MR) is 130 cm³/mol. The van der Waals surface area contributed by atoms with E-state index in [-0.39, 0.29) is 5.91 Å². The number of hydrogen-bond donors (Lipinski definition) is 3. The van der Waals surface area contributed by atoms with E-state index in [0.29, 0.717) is 33.2 Å². The van der Waals surface area contributed by atoms with E-state index in [1.165, 1.54) is 0 Å². The van der Waals surface area contributed by atoms with Gasteiger partial charge in [-0.3, -0.25) is 9.78 Å². The van der Waals surface area contributed by atoms with Crippen LogP contribution in [0.25, 0.3) is 10.9 Å². The van der Waals surface area contributed by atoms with Crippen molar-refractivity contribution in [3.63, 3.8) is 0 Å². The maximum Gasteiger partial charge on any atom is 0.323 e. The molecule has 0 atom stereocenters. The molecule has 3 N–H and O–H groups in total. The molecule has 6 nitrogen and oxygen atoms in total. The van der Waals surface area contributed by atoms with Crippen molar-refractivity contribution < 1.29 is 9.59 Å². The highest BCUT2D eigenvalue weighted by Gasteiger charge is 2.12. The Labute approximate surface area is 190 Å². The lowest BCUT2D eigenvalue weighted by Crippen LogP contribution is -2.19. The third-order valence-electron chi connectivity index (χ3n) is 4.91. The first-order valence-corrected chi connectivity index (χ1v) is 10.4. The third-order valence-corrected chi connectivity index (χ3v) is 5.32. The van der Waals surface area contributed by atoms with Crippen molar-refractivity contribution in [1.82, 2.24) is 4.98 Å². The van der Waals surface area contributed by atoms with Crippen molar-refractivity contribution in [2.75, 3.05) is 16.0 Å². The summed E-state index contributed by atoms with van der Waals surface area (Å²) >= 11 is 6.13. The lowest BCUT2D eigenvalue weighted by molar-refractivity contribution is 0.102. The van der Waals surface area contributed by atoms with Gasteiger partial charge in [-0.05, 0) is 67.9 Å². The number of hydrogen-bond acceptors (Lipinski definition) is 3. The fourth-order valence-electron chi connectivity index (χ4n) is 3.29. The topological polar surface area (TPSA) is 83.1 Å². The van der Waals surface area contributed by atoms with Crippen LogP contribution in [0.1, 0.15) is 21.6 Å². The molecule has 0 saturated heterocycles. The van der Waals surface area contributed by atoms with Gasteiger partial charge in [0.2, 0.25) is 0 Å². The first kappa shape index (κ1) is 21.3. The number of aryl methyl sites for hydroxylation is 2. The van der Waals surface area contributed by atoms with Crippen LogP contribution in [0.2, 0.25) is 5.02 Å². The number of fused-ring (bicyclic) bond motifs is 1. The van der Waals surface area contributed by atoms with Gasteiger partial charge in [-0.25, -0.2) is 4.79 Å². The molecule has 4 rings (SSSR count). The number of carbonyl (C=O) groups excluding carboxylic acids is 2. The van der Waals surface area contributed by atoms with Crippen molar-refractivity contribution in [2.45, 2.75) is 13.8 Å². The summed E-state index contributed by atoms with van der Waals surface area (Å²) in [5.41, 5.74) is 4.75. The number of nitrogens with one attached hydrogen (secondary N) is 3. The molecular weight excluding hydrogens is 424 g/mol. The first-order valence-electron chi connectivity index (χ1n) is 10.0. The summed E-state index contributed by atoms with van der Waals surface area (Å²) < 4.78 is 0. The van der Waals surface area contributed by atoms with Gasteiger partial charge in [0.05, 0.1) is 11.2 Å². The number of pyridine rings is 1. The number of carbonyl (C=O) groups is 2. The van der Waals surface area contributed by atoms with Crippen LogP contribution in [-0.2, 0) is 0 Å². The van der Waals surface area contributed by atoms with Gasteiger partial charge in [0.1, 0.15) is 0 Å². The van der Waals surface area contributed by atoms with E-state index >= 15 is 0 Å². The van der Waals surface area contributed by atoms with Crippen molar-refractivity contribution in [3.8, 4) is 0 Å². The number of aromatic nitrogens is 1. The summed E-state index contributed by atoms with van der Waals surface area (Å²) in [6.45, 7) is 3.76. The lowest BCUT2D eigenvalue weighted by atomic mass is 10.1. The molecule has 1 heterocycles. The van der Waals surface area contributed by atoms with Crippen LogP contribution in [0.3, 0.4) is 0 Å². The van der Waals surface area contributed by atoms with Gasteiger partial charge in [-0.1, -0.05) is 35.9 Å². The summed E-state index contributed by atoms with van der Waals surface area (Å²) in [6, 6.07) is 21.1. The second-order valence-corrected chi connectivity index (χ2v) is 7.81. The summed E-state index contributed by atoms with van der Waals surface area (Å²) in [6.07, 6.45) is 0. The minimum atomic E-state index is -0.404. The van der Waals surface area contributed by atoms with Gasteiger partial charge in [0.15, 0.2) is 0 Å². The fourth-order valence-corrected chi connectivity index (χ4v) is 3.47. The van der Waals surface area contributed by atoms with E-state index in [4.69, 9.17) is 11.6 Å². The third kappa shape index (κ3) is 4.87. The van der Waals surface area contributed by atoms with E-state index in [0.717, 1.165) is 16.6 Å². The minimum Gasteiger partial charge on any atom is -0.321 e. The maximum absolute atomic E-state index is 12.7. The smallest absolute Gasteiger partial charge is 0.321 e. The van der Waals surface area contributed by atoms with E-state index < -0.39 is 6.03 Å². The van der Waals surface area contributed by atoms with Gasteiger partial charge in [0.25, 0.3) is 5.91 Å². The van der Waals surface area contributed by atoms with Crippen LogP contribution in [0.15, 0.2) is 72.8 Å². The molecule has 0 radical (unpaired) electrons. The molecule has 32 heavy (non-hydrogen) atoms. The number of halogens is 1. The van der Waals surface area contributed by atoms with Crippen molar-refractivity contribution >= 4 is 51.5 Å². The molecule has 0 fully saturated rings. The number of amides is 3. The van der Waals surface area contributed by atoms with Gasteiger partial charge >= 0.3 is 6.03 Å². The Morgan fingerprint density at radius 3 is 2.22 bits per heavy atom. The Balaban J connectivity index is 1.57. The average Bonchev–Trinajstić information content (AvgIpc) is 2.77. The average molecular weight is 445 g/mol. The Bertz CT molecular complexity index is 1320. The van der Waals surface area contributed by atoms with Crippen molar-refractivity contribution in [1.29, 1.82) is 0 Å². The molecule has 1 aromatic heterocycles. The molecule has 0 aliphatic heterocycles. The Hall–Kier alpha value is -3.90. The monoisotopic (exact) mass is 444 g/mol. The lowest BCUT2D eigenvalue weighted by Gasteiger charge is -2.13. The zero-order valence-corrected chi connectivity index (χ0v) is 18.3. The molecule has 0 unspecified atom stereocenters. The molecule has 0 saturated carbocycles. The Kier molecular flexibility index (Phi) is 6.05. The molecule has 0 aliphatic carbocycles. The second kappa shape index (κ2) is 9.08. The molecule has 0 spiro atoms. The van der Waals surface area contributed by atoms with Crippen LogP contribution in [0, 0.1) is 13.8 Å². The van der Waals surface area contributed by atoms with E-state index in [2.05, 4.69) is 20.9 Å². The first-order chi connectivity index (χ1) is 15.4. The number of anilines is 3. The highest BCUT2D eigenvalue weighted by molar-refractivity contribution is 6.31. The van der Waals surface area contributed by atoms with Crippen LogP contribution in [0.5, 0.6) is 0 Å². The van der Waals surface area contributed by atoms with E-state index in [9.17, 15) is 9.59 Å². The number of nitrogens with zero attached hydrogens (tertiary/aromatic N) is 1. The number of benzene rings is 3. The van der Waals surface area contributed by atoms with Crippen LogP contribution >= 0.6 is 11.6 Å². The number of urea groups is 1. The zero-order valence-electron chi connectivity index (χ0n) is 17.6. The zero-order chi connectivity index (χ0) is 22.7. The van der Waals surface area contributed by atoms with Crippen molar-refractivity contribution in [2.24, 2.45) is 0 Å². The Morgan fingerprint density at radius 1 is 0.812 bits per heavy atom. The largest absolute Gasteiger partial charge is 0.323 e. The Morgan fingerprint density at radius 2 is 1.50 bits per heavy atom. The fraction of sp³-hybridized carbons (Fsp3) is 0.0800. The summed E-state index contributed by atoms with van der Waals surface area (Å²) in [5, 5.41) is 9.82. The predicted octanol–water partition coefficient (Wildman–Crippen LogP) is 6.40.